The number of amides is 1. The molecule has 4 nitrogen and oxygen atoms in total. The van der Waals surface area contributed by atoms with E-state index in [0.29, 0.717) is 6.42 Å². The smallest absolute Gasteiger partial charge is 0.328 e. The maximum absolute atomic E-state index is 11.3. The maximum atomic E-state index is 11.3. The van der Waals surface area contributed by atoms with Gasteiger partial charge in [0, 0.05) is 5.92 Å². The zero-order valence-electron chi connectivity index (χ0n) is 8.55. The van der Waals surface area contributed by atoms with Gasteiger partial charge in [0.2, 0.25) is 5.91 Å². The Kier molecular flexibility index (Phi) is 3.91. The zero-order valence-corrected chi connectivity index (χ0v) is 8.55. The van der Waals surface area contributed by atoms with E-state index < -0.39 is 11.5 Å². The summed E-state index contributed by atoms with van der Waals surface area (Å²) in [5.41, 5.74) is -1.18. The Morgan fingerprint density at radius 2 is 1.92 bits per heavy atom. The van der Waals surface area contributed by atoms with Crippen molar-refractivity contribution in [2.45, 2.75) is 39.7 Å². The lowest BCUT2D eigenvalue weighted by Crippen LogP contribution is -2.51. The van der Waals surface area contributed by atoms with E-state index in [4.69, 9.17) is 5.11 Å². The zero-order chi connectivity index (χ0) is 10.6. The molecule has 0 spiro atoms. The van der Waals surface area contributed by atoms with E-state index >= 15 is 0 Å². The minimum Gasteiger partial charge on any atom is -0.480 e. The maximum Gasteiger partial charge on any atom is 0.328 e. The number of carboxylic acids is 1. The van der Waals surface area contributed by atoms with Crippen LogP contribution in [0.25, 0.3) is 0 Å². The van der Waals surface area contributed by atoms with Gasteiger partial charge in [-0.05, 0) is 20.3 Å². The van der Waals surface area contributed by atoms with Crippen LogP contribution < -0.4 is 5.32 Å². The Labute approximate surface area is 78.3 Å². The lowest BCUT2D eigenvalue weighted by molar-refractivity contribution is -0.146. The Hall–Kier alpha value is -1.06. The highest BCUT2D eigenvalue weighted by Crippen LogP contribution is 2.06. The summed E-state index contributed by atoms with van der Waals surface area (Å²) in [5.74, 6) is -1.38. The number of aliphatic carboxylic acids is 1. The average Bonchev–Trinajstić information content (AvgIpc) is 2.01. The summed E-state index contributed by atoms with van der Waals surface area (Å²) in [6.07, 6.45) is 0.710. The van der Waals surface area contributed by atoms with Gasteiger partial charge < -0.3 is 10.4 Å². The monoisotopic (exact) mass is 187 g/mol. The Morgan fingerprint density at radius 3 is 2.23 bits per heavy atom. The van der Waals surface area contributed by atoms with E-state index in [2.05, 4.69) is 5.32 Å². The lowest BCUT2D eigenvalue weighted by Gasteiger charge is -2.22. The van der Waals surface area contributed by atoms with E-state index in [0.717, 1.165) is 0 Å². The van der Waals surface area contributed by atoms with Crippen LogP contribution in [-0.2, 0) is 9.59 Å². The van der Waals surface area contributed by atoms with Crippen LogP contribution in [0.5, 0.6) is 0 Å². The normalized spacial score (nSPS) is 13.5. The predicted octanol–water partition coefficient (Wildman–Crippen LogP) is 1.01. The van der Waals surface area contributed by atoms with E-state index in [1.165, 1.54) is 13.8 Å². The topological polar surface area (TPSA) is 66.4 Å². The first-order valence-corrected chi connectivity index (χ1v) is 4.36. The number of carbonyl (C=O) groups is 2. The largest absolute Gasteiger partial charge is 0.480 e. The molecule has 0 aliphatic rings. The number of carbonyl (C=O) groups excluding carboxylic acids is 1. The highest BCUT2D eigenvalue weighted by molar-refractivity contribution is 5.87. The molecular formula is C9H17NO3. The van der Waals surface area contributed by atoms with Crippen LogP contribution >= 0.6 is 0 Å². The van der Waals surface area contributed by atoms with Crippen LogP contribution in [0.4, 0.5) is 0 Å². The molecule has 0 radical (unpaired) electrons. The summed E-state index contributed by atoms with van der Waals surface area (Å²) in [4.78, 5) is 22.0. The van der Waals surface area contributed by atoms with E-state index in [1.54, 1.807) is 6.92 Å². The molecule has 76 valence electrons. The molecular weight excluding hydrogens is 170 g/mol. The van der Waals surface area contributed by atoms with Crippen LogP contribution in [-0.4, -0.2) is 22.5 Å². The molecule has 0 heterocycles. The molecule has 0 aromatic carbocycles. The third-order valence-electron chi connectivity index (χ3n) is 2.03. The van der Waals surface area contributed by atoms with E-state index in [-0.39, 0.29) is 11.8 Å². The molecule has 0 saturated carbocycles. The minimum atomic E-state index is -1.18. The number of rotatable bonds is 4. The number of nitrogens with one attached hydrogen (secondary N) is 1. The fraction of sp³-hybridized carbons (Fsp3) is 0.778. The first kappa shape index (κ1) is 11.9. The molecule has 0 fully saturated rings. The van der Waals surface area contributed by atoms with Gasteiger partial charge in [0.05, 0.1) is 0 Å². The summed E-state index contributed by atoms with van der Waals surface area (Å²) in [6, 6.07) is 0. The fourth-order valence-electron chi connectivity index (χ4n) is 0.670. The van der Waals surface area contributed by atoms with Crippen molar-refractivity contribution in [1.29, 1.82) is 0 Å². The van der Waals surface area contributed by atoms with Gasteiger partial charge in [-0.3, -0.25) is 4.79 Å². The quantitative estimate of drug-likeness (QED) is 0.690. The third-order valence-corrected chi connectivity index (χ3v) is 2.03. The van der Waals surface area contributed by atoms with Crippen molar-refractivity contribution < 1.29 is 14.7 Å². The molecule has 13 heavy (non-hydrogen) atoms. The van der Waals surface area contributed by atoms with Gasteiger partial charge in [-0.15, -0.1) is 0 Å². The second kappa shape index (κ2) is 4.25. The van der Waals surface area contributed by atoms with Crippen molar-refractivity contribution in [3.63, 3.8) is 0 Å². The van der Waals surface area contributed by atoms with E-state index in [9.17, 15) is 9.59 Å². The van der Waals surface area contributed by atoms with Gasteiger partial charge in [-0.25, -0.2) is 4.79 Å². The van der Waals surface area contributed by atoms with Crippen molar-refractivity contribution in [1.82, 2.24) is 5.32 Å². The second-order valence-corrected chi connectivity index (χ2v) is 3.73. The molecule has 4 heteroatoms. The minimum absolute atomic E-state index is 0.140. The summed E-state index contributed by atoms with van der Waals surface area (Å²) in [7, 11) is 0. The second-order valence-electron chi connectivity index (χ2n) is 3.73. The van der Waals surface area contributed by atoms with Crippen LogP contribution in [0.15, 0.2) is 0 Å². The first-order chi connectivity index (χ1) is 5.81. The third kappa shape index (κ3) is 3.44. The van der Waals surface area contributed by atoms with Crippen LogP contribution in [0, 0.1) is 5.92 Å². The van der Waals surface area contributed by atoms with Gasteiger partial charge in [-0.1, -0.05) is 13.8 Å². The molecule has 0 aliphatic heterocycles. The van der Waals surface area contributed by atoms with Crippen molar-refractivity contribution in [2.75, 3.05) is 0 Å². The molecule has 0 rings (SSSR count). The Bertz CT molecular complexity index is 211. The Morgan fingerprint density at radius 1 is 1.46 bits per heavy atom. The van der Waals surface area contributed by atoms with Gasteiger partial charge in [0.1, 0.15) is 5.54 Å². The van der Waals surface area contributed by atoms with Crippen molar-refractivity contribution in [3.05, 3.63) is 0 Å². The Balaban J connectivity index is 4.28. The number of hydrogen-bond donors (Lipinski definition) is 2. The van der Waals surface area contributed by atoms with Crippen LogP contribution in [0.3, 0.4) is 0 Å². The highest BCUT2D eigenvalue weighted by atomic mass is 16.4. The molecule has 0 bridgehead atoms. The summed E-state index contributed by atoms with van der Waals surface area (Å²) >= 11 is 0. The molecule has 1 atom stereocenters. The lowest BCUT2D eigenvalue weighted by atomic mass is 10.0. The summed E-state index contributed by atoms with van der Waals surface area (Å²) < 4.78 is 0. The highest BCUT2D eigenvalue weighted by Gasteiger charge is 2.29. The SMILES string of the molecule is CCC(C)C(=O)NC(C)(C)C(=O)O. The van der Waals surface area contributed by atoms with Crippen LogP contribution in [0.2, 0.25) is 0 Å². The number of hydrogen-bond acceptors (Lipinski definition) is 2. The van der Waals surface area contributed by atoms with Gasteiger partial charge >= 0.3 is 5.97 Å². The van der Waals surface area contributed by atoms with Crippen molar-refractivity contribution >= 4 is 11.9 Å². The summed E-state index contributed by atoms with van der Waals surface area (Å²) in [6.45, 7) is 6.59. The van der Waals surface area contributed by atoms with Gasteiger partial charge in [0.15, 0.2) is 0 Å². The average molecular weight is 187 g/mol. The van der Waals surface area contributed by atoms with Gasteiger partial charge in [0.25, 0.3) is 0 Å². The molecule has 0 aromatic heterocycles. The van der Waals surface area contributed by atoms with Crippen LogP contribution in [0.1, 0.15) is 34.1 Å². The first-order valence-electron chi connectivity index (χ1n) is 4.36. The molecule has 0 aliphatic carbocycles. The molecule has 1 amide bonds. The predicted molar refractivity (Wildman–Crippen MR) is 49.3 cm³/mol. The molecule has 0 aromatic rings. The van der Waals surface area contributed by atoms with E-state index in [1.807, 2.05) is 6.92 Å². The molecule has 0 saturated heterocycles. The molecule has 1 unspecified atom stereocenters. The molecule has 2 N–H and O–H groups in total. The number of carboxylic acid groups (broad SMARTS) is 1. The van der Waals surface area contributed by atoms with Crippen molar-refractivity contribution in [2.24, 2.45) is 5.92 Å². The fourth-order valence-corrected chi connectivity index (χ4v) is 0.670. The van der Waals surface area contributed by atoms with Crippen molar-refractivity contribution in [3.8, 4) is 0 Å². The van der Waals surface area contributed by atoms with Gasteiger partial charge in [-0.2, -0.15) is 0 Å². The standard InChI is InChI=1S/C9H17NO3/c1-5-6(2)7(11)10-9(3,4)8(12)13/h6H,5H2,1-4H3,(H,10,11)(H,12,13). The summed E-state index contributed by atoms with van der Waals surface area (Å²) in [5, 5.41) is 11.2.